The zero-order chi connectivity index (χ0) is 11.5. The molecule has 1 aromatic rings. The van der Waals surface area contributed by atoms with E-state index in [9.17, 15) is 5.11 Å². The maximum absolute atomic E-state index is 10.0. The van der Waals surface area contributed by atoms with Gasteiger partial charge in [-0.25, -0.2) is 0 Å². The lowest BCUT2D eigenvalue weighted by atomic mass is 10.0. The Balaban J connectivity index is 2.64. The van der Waals surface area contributed by atoms with Gasteiger partial charge in [0.05, 0.1) is 11.3 Å². The average Bonchev–Trinajstić information content (AvgIpc) is 2.51. The first-order chi connectivity index (χ1) is 6.94. The van der Waals surface area contributed by atoms with E-state index in [0.29, 0.717) is 19.0 Å². The van der Waals surface area contributed by atoms with Crippen molar-refractivity contribution in [1.82, 2.24) is 15.1 Å². The first kappa shape index (κ1) is 12.2. The third kappa shape index (κ3) is 3.64. The monoisotopic (exact) mass is 211 g/mol. The van der Waals surface area contributed by atoms with Crippen LogP contribution in [0.1, 0.15) is 32.5 Å². The van der Waals surface area contributed by atoms with E-state index >= 15 is 0 Å². The van der Waals surface area contributed by atoms with Crippen LogP contribution in [0.5, 0.6) is 0 Å². The van der Waals surface area contributed by atoms with Crippen molar-refractivity contribution in [2.24, 2.45) is 0 Å². The largest absolute Gasteiger partial charge is 0.388 e. The lowest BCUT2D eigenvalue weighted by Gasteiger charge is -2.21. The Bertz CT molecular complexity index is 305. The van der Waals surface area contributed by atoms with Gasteiger partial charge in [0.2, 0.25) is 0 Å². The Morgan fingerprint density at radius 2 is 2.27 bits per heavy atom. The van der Waals surface area contributed by atoms with Crippen molar-refractivity contribution in [3.05, 3.63) is 18.0 Å². The lowest BCUT2D eigenvalue weighted by Crippen LogP contribution is -2.38. The van der Waals surface area contributed by atoms with Gasteiger partial charge >= 0.3 is 0 Å². The maximum atomic E-state index is 10.0. The molecular formula is C11H21N3O. The molecule has 0 spiro atoms. The quantitative estimate of drug-likeness (QED) is 0.763. The number of aromatic nitrogens is 2. The molecule has 0 aliphatic carbocycles. The molecule has 0 aliphatic rings. The minimum atomic E-state index is -0.731. The Kier molecular flexibility index (Phi) is 3.88. The molecule has 1 aromatic heterocycles. The molecule has 0 aromatic carbocycles. The smallest absolute Gasteiger partial charge is 0.0799 e. The summed E-state index contributed by atoms with van der Waals surface area (Å²) in [7, 11) is 1.83. The molecule has 0 saturated carbocycles. The fraction of sp³-hybridized carbons (Fsp3) is 0.727. The van der Waals surface area contributed by atoms with Gasteiger partial charge in [-0.2, -0.15) is 5.10 Å². The zero-order valence-electron chi connectivity index (χ0n) is 9.99. The van der Waals surface area contributed by atoms with Crippen LogP contribution in [0.4, 0.5) is 0 Å². The normalized spacial score (nSPS) is 15.6. The predicted molar refractivity (Wildman–Crippen MR) is 60.9 cm³/mol. The molecule has 1 rings (SSSR count). The Labute approximate surface area is 91.3 Å². The Hall–Kier alpha value is -0.870. The van der Waals surface area contributed by atoms with Crippen LogP contribution in [0.25, 0.3) is 0 Å². The van der Waals surface area contributed by atoms with E-state index in [4.69, 9.17) is 0 Å². The van der Waals surface area contributed by atoms with Crippen molar-refractivity contribution in [1.29, 1.82) is 0 Å². The fourth-order valence-corrected chi connectivity index (χ4v) is 1.59. The second-order valence-electron chi connectivity index (χ2n) is 4.58. The van der Waals surface area contributed by atoms with Gasteiger partial charge in [-0.15, -0.1) is 0 Å². The number of hydrogen-bond acceptors (Lipinski definition) is 3. The number of rotatable bonds is 5. The molecule has 0 aliphatic heterocycles. The topological polar surface area (TPSA) is 50.1 Å². The van der Waals surface area contributed by atoms with E-state index in [0.717, 1.165) is 5.69 Å². The summed E-state index contributed by atoms with van der Waals surface area (Å²) in [6, 6.07) is 2.33. The van der Waals surface area contributed by atoms with Gasteiger partial charge < -0.3 is 10.4 Å². The molecule has 4 heteroatoms. The number of aliphatic hydroxyl groups is 1. The van der Waals surface area contributed by atoms with Crippen molar-refractivity contribution in [3.8, 4) is 0 Å². The summed E-state index contributed by atoms with van der Waals surface area (Å²) in [5.74, 6) is 0. The van der Waals surface area contributed by atoms with Gasteiger partial charge in [-0.3, -0.25) is 4.68 Å². The van der Waals surface area contributed by atoms with Gasteiger partial charge in [0, 0.05) is 25.2 Å². The van der Waals surface area contributed by atoms with Crippen LogP contribution in [-0.2, 0) is 6.42 Å². The molecule has 4 nitrogen and oxygen atoms in total. The van der Waals surface area contributed by atoms with E-state index in [-0.39, 0.29) is 0 Å². The summed E-state index contributed by atoms with van der Waals surface area (Å²) in [5.41, 5.74) is 0.203. The highest BCUT2D eigenvalue weighted by atomic mass is 16.3. The van der Waals surface area contributed by atoms with Gasteiger partial charge in [-0.1, -0.05) is 0 Å². The molecular weight excluding hydrogens is 190 g/mol. The summed E-state index contributed by atoms with van der Waals surface area (Å²) in [6.45, 7) is 6.56. The second kappa shape index (κ2) is 4.77. The molecule has 1 atom stereocenters. The number of nitrogens with zero attached hydrogens (tertiary/aromatic N) is 2. The molecule has 0 fully saturated rings. The van der Waals surface area contributed by atoms with E-state index in [2.05, 4.69) is 24.3 Å². The molecule has 2 N–H and O–H groups in total. The standard InChI is InChI=1S/C11H21N3O/c1-9(2)14-6-5-10(13-14)7-11(3,15)8-12-4/h5-6,9,12,15H,7-8H2,1-4H3. The highest BCUT2D eigenvalue weighted by molar-refractivity contribution is 5.04. The first-order valence-electron chi connectivity index (χ1n) is 5.35. The fourth-order valence-electron chi connectivity index (χ4n) is 1.59. The van der Waals surface area contributed by atoms with Crippen molar-refractivity contribution >= 4 is 0 Å². The minimum absolute atomic E-state index is 0.369. The SMILES string of the molecule is CNCC(C)(O)Cc1ccn(C(C)C)n1. The molecule has 1 heterocycles. The molecule has 86 valence electrons. The van der Waals surface area contributed by atoms with E-state index in [1.165, 1.54) is 0 Å². The first-order valence-corrected chi connectivity index (χ1v) is 5.35. The van der Waals surface area contributed by atoms with Crippen molar-refractivity contribution in [2.75, 3.05) is 13.6 Å². The summed E-state index contributed by atoms with van der Waals surface area (Å²) in [5, 5.41) is 17.4. The molecule has 0 bridgehead atoms. The van der Waals surface area contributed by atoms with Crippen LogP contribution in [0, 0.1) is 0 Å². The predicted octanol–water partition coefficient (Wildman–Crippen LogP) is 0.977. The highest BCUT2D eigenvalue weighted by Crippen LogP contribution is 2.12. The molecule has 0 saturated heterocycles. The minimum Gasteiger partial charge on any atom is -0.388 e. The van der Waals surface area contributed by atoms with Crippen molar-refractivity contribution in [2.45, 2.75) is 38.8 Å². The molecule has 0 amide bonds. The summed E-state index contributed by atoms with van der Waals surface area (Å²) < 4.78 is 1.91. The lowest BCUT2D eigenvalue weighted by molar-refractivity contribution is 0.0611. The van der Waals surface area contributed by atoms with Crippen molar-refractivity contribution in [3.63, 3.8) is 0 Å². The van der Waals surface area contributed by atoms with E-state index in [1.54, 1.807) is 0 Å². The maximum Gasteiger partial charge on any atom is 0.0799 e. The van der Waals surface area contributed by atoms with Crippen LogP contribution in [0.3, 0.4) is 0 Å². The average molecular weight is 211 g/mol. The van der Waals surface area contributed by atoms with Crippen LogP contribution in [-0.4, -0.2) is 34.1 Å². The molecule has 1 unspecified atom stereocenters. The van der Waals surface area contributed by atoms with Gasteiger partial charge in [0.15, 0.2) is 0 Å². The second-order valence-corrected chi connectivity index (χ2v) is 4.58. The van der Waals surface area contributed by atoms with Crippen molar-refractivity contribution < 1.29 is 5.11 Å². The summed E-state index contributed by atoms with van der Waals surface area (Å²) >= 11 is 0. The third-order valence-electron chi connectivity index (χ3n) is 2.31. The number of nitrogens with one attached hydrogen (secondary N) is 1. The van der Waals surface area contributed by atoms with Gasteiger partial charge in [-0.05, 0) is 33.9 Å². The number of likely N-dealkylation sites (N-methyl/N-ethyl adjacent to an activating group) is 1. The van der Waals surface area contributed by atoms with Crippen LogP contribution < -0.4 is 5.32 Å². The van der Waals surface area contributed by atoms with Crippen LogP contribution >= 0.6 is 0 Å². The summed E-state index contributed by atoms with van der Waals surface area (Å²) in [4.78, 5) is 0. The molecule has 0 radical (unpaired) electrons. The van der Waals surface area contributed by atoms with Crippen LogP contribution in [0.2, 0.25) is 0 Å². The Morgan fingerprint density at radius 1 is 1.60 bits per heavy atom. The van der Waals surface area contributed by atoms with Gasteiger partial charge in [0.1, 0.15) is 0 Å². The van der Waals surface area contributed by atoms with E-state index < -0.39 is 5.60 Å². The van der Waals surface area contributed by atoms with Gasteiger partial charge in [0.25, 0.3) is 0 Å². The van der Waals surface area contributed by atoms with E-state index in [1.807, 2.05) is 30.9 Å². The third-order valence-corrected chi connectivity index (χ3v) is 2.31. The molecule has 15 heavy (non-hydrogen) atoms. The number of hydrogen-bond donors (Lipinski definition) is 2. The Morgan fingerprint density at radius 3 is 2.73 bits per heavy atom. The van der Waals surface area contributed by atoms with Crippen LogP contribution in [0.15, 0.2) is 12.3 Å². The zero-order valence-corrected chi connectivity index (χ0v) is 9.99. The summed E-state index contributed by atoms with van der Waals surface area (Å²) in [6.07, 6.45) is 2.53. The highest BCUT2D eigenvalue weighted by Gasteiger charge is 2.21.